The van der Waals surface area contributed by atoms with Gasteiger partial charge in [0.25, 0.3) is 0 Å². The molecule has 0 bridgehead atoms. The number of aromatic nitrogens is 2. The first kappa shape index (κ1) is 8.54. The van der Waals surface area contributed by atoms with Gasteiger partial charge in [-0.25, -0.2) is 5.48 Å². The standard InChI is InChI=1S/C6H11N5O/c7-6(11-12)8-2-1-5-3-9-10-4-5/h3-4,12H,1-2H2,(H,9,10)(H3,7,8,11). The van der Waals surface area contributed by atoms with Gasteiger partial charge in [0.15, 0.2) is 0 Å². The van der Waals surface area contributed by atoms with Crippen molar-refractivity contribution in [3.63, 3.8) is 0 Å². The summed E-state index contributed by atoms with van der Waals surface area (Å²) in [6, 6.07) is 0. The molecule has 0 spiro atoms. The highest BCUT2D eigenvalue weighted by Crippen LogP contribution is 1.94. The molecule has 1 rings (SSSR count). The Labute approximate surface area is 69.5 Å². The van der Waals surface area contributed by atoms with Crippen molar-refractivity contribution in [1.29, 1.82) is 0 Å². The summed E-state index contributed by atoms with van der Waals surface area (Å²) in [5, 5.41) is 14.7. The predicted molar refractivity (Wildman–Crippen MR) is 43.7 cm³/mol. The number of aromatic amines is 1. The lowest BCUT2D eigenvalue weighted by Gasteiger charge is -1.95. The summed E-state index contributed by atoms with van der Waals surface area (Å²) in [6.07, 6.45) is 4.26. The number of nitrogens with one attached hydrogen (secondary N) is 2. The molecule has 0 aromatic carbocycles. The number of H-pyrrole nitrogens is 1. The van der Waals surface area contributed by atoms with Crippen molar-refractivity contribution in [2.24, 2.45) is 10.7 Å². The van der Waals surface area contributed by atoms with E-state index in [0.717, 1.165) is 12.0 Å². The van der Waals surface area contributed by atoms with E-state index in [1.165, 1.54) is 0 Å². The van der Waals surface area contributed by atoms with Crippen molar-refractivity contribution in [3.8, 4) is 0 Å². The summed E-state index contributed by atoms with van der Waals surface area (Å²) in [6.45, 7) is 0.527. The van der Waals surface area contributed by atoms with E-state index in [2.05, 4.69) is 15.2 Å². The van der Waals surface area contributed by atoms with E-state index in [1.807, 2.05) is 0 Å². The third-order valence-electron chi connectivity index (χ3n) is 1.35. The largest absolute Gasteiger partial charge is 0.368 e. The van der Waals surface area contributed by atoms with Crippen LogP contribution in [0.3, 0.4) is 0 Å². The second-order valence-corrected chi connectivity index (χ2v) is 2.24. The van der Waals surface area contributed by atoms with Crippen LogP contribution in [0, 0.1) is 0 Å². The summed E-state index contributed by atoms with van der Waals surface area (Å²) in [5.41, 5.74) is 7.99. The average molecular weight is 169 g/mol. The topological polar surface area (TPSA) is 99.3 Å². The van der Waals surface area contributed by atoms with Crippen molar-refractivity contribution in [2.45, 2.75) is 6.42 Å². The van der Waals surface area contributed by atoms with Gasteiger partial charge in [-0.1, -0.05) is 0 Å². The maximum Gasteiger partial charge on any atom is 0.212 e. The lowest BCUT2D eigenvalue weighted by atomic mass is 10.3. The van der Waals surface area contributed by atoms with E-state index in [0.29, 0.717) is 6.54 Å². The van der Waals surface area contributed by atoms with Crippen LogP contribution in [0.4, 0.5) is 0 Å². The first-order valence-corrected chi connectivity index (χ1v) is 3.50. The van der Waals surface area contributed by atoms with Crippen molar-refractivity contribution in [3.05, 3.63) is 18.0 Å². The molecule has 0 atom stereocenters. The average Bonchev–Trinajstić information content (AvgIpc) is 2.57. The Bertz CT molecular complexity index is 242. The Morgan fingerprint density at radius 1 is 1.83 bits per heavy atom. The lowest BCUT2D eigenvalue weighted by molar-refractivity contribution is 0.232. The van der Waals surface area contributed by atoms with Crippen LogP contribution >= 0.6 is 0 Å². The van der Waals surface area contributed by atoms with Crippen molar-refractivity contribution in [2.75, 3.05) is 6.54 Å². The van der Waals surface area contributed by atoms with E-state index in [4.69, 9.17) is 10.9 Å². The maximum absolute atomic E-state index is 8.27. The Morgan fingerprint density at radius 2 is 2.67 bits per heavy atom. The SMILES string of the molecule is NC(=NCCc1cn[nH]c1)NO. The van der Waals surface area contributed by atoms with Crippen molar-refractivity contribution < 1.29 is 5.21 Å². The molecule has 1 aromatic heterocycles. The summed E-state index contributed by atoms with van der Waals surface area (Å²) in [5.74, 6) is 0.0264. The number of nitrogens with two attached hydrogens (primary N) is 1. The number of hydrogen-bond acceptors (Lipinski definition) is 3. The number of hydroxylamine groups is 1. The maximum atomic E-state index is 8.27. The van der Waals surface area contributed by atoms with Gasteiger partial charge in [-0.2, -0.15) is 5.10 Å². The fourth-order valence-electron chi connectivity index (χ4n) is 0.755. The normalized spacial score (nSPS) is 11.6. The molecule has 0 fully saturated rings. The molecule has 0 unspecified atom stereocenters. The molecule has 6 heteroatoms. The first-order valence-electron chi connectivity index (χ1n) is 3.50. The van der Waals surface area contributed by atoms with Gasteiger partial charge >= 0.3 is 0 Å². The molecule has 1 heterocycles. The summed E-state index contributed by atoms with van der Waals surface area (Å²) in [7, 11) is 0. The smallest absolute Gasteiger partial charge is 0.212 e. The number of aliphatic imine (C=N–C) groups is 1. The van der Waals surface area contributed by atoms with Gasteiger partial charge < -0.3 is 5.73 Å². The molecule has 0 aliphatic rings. The quantitative estimate of drug-likeness (QED) is 0.271. The van der Waals surface area contributed by atoms with Crippen molar-refractivity contribution in [1.82, 2.24) is 15.7 Å². The number of guanidine groups is 1. The fourth-order valence-corrected chi connectivity index (χ4v) is 0.755. The van der Waals surface area contributed by atoms with Crippen LogP contribution in [0.25, 0.3) is 0 Å². The molecule has 12 heavy (non-hydrogen) atoms. The predicted octanol–water partition coefficient (Wildman–Crippen LogP) is -0.754. The zero-order valence-electron chi connectivity index (χ0n) is 6.49. The number of rotatable bonds is 3. The van der Waals surface area contributed by atoms with Crippen LogP contribution in [0.5, 0.6) is 0 Å². The molecule has 1 aromatic rings. The highest BCUT2D eigenvalue weighted by molar-refractivity contribution is 5.76. The summed E-state index contributed by atoms with van der Waals surface area (Å²) in [4.78, 5) is 3.81. The molecule has 0 saturated heterocycles. The second kappa shape index (κ2) is 4.35. The molecule has 0 radical (unpaired) electrons. The van der Waals surface area contributed by atoms with Gasteiger partial charge in [0.2, 0.25) is 5.96 Å². The van der Waals surface area contributed by atoms with Crippen molar-refractivity contribution >= 4 is 5.96 Å². The van der Waals surface area contributed by atoms with E-state index in [-0.39, 0.29) is 5.96 Å². The minimum Gasteiger partial charge on any atom is -0.368 e. The molecule has 0 amide bonds. The molecular formula is C6H11N5O. The van der Waals surface area contributed by atoms with Crippen LogP contribution in [0.1, 0.15) is 5.56 Å². The van der Waals surface area contributed by atoms with E-state index >= 15 is 0 Å². The highest BCUT2D eigenvalue weighted by Gasteiger charge is 1.92. The van der Waals surface area contributed by atoms with E-state index in [1.54, 1.807) is 17.9 Å². The lowest BCUT2D eigenvalue weighted by Crippen LogP contribution is -2.28. The van der Waals surface area contributed by atoms with Crippen LogP contribution in [0.15, 0.2) is 17.4 Å². The van der Waals surface area contributed by atoms with E-state index < -0.39 is 0 Å². The van der Waals surface area contributed by atoms with Gasteiger partial charge in [0, 0.05) is 12.7 Å². The molecule has 0 aliphatic carbocycles. The van der Waals surface area contributed by atoms with E-state index in [9.17, 15) is 0 Å². The van der Waals surface area contributed by atoms with Crippen LogP contribution in [-0.4, -0.2) is 27.9 Å². The zero-order valence-corrected chi connectivity index (χ0v) is 6.49. The third kappa shape index (κ3) is 2.59. The Kier molecular flexibility index (Phi) is 3.09. The minimum atomic E-state index is 0.0264. The highest BCUT2D eigenvalue weighted by atomic mass is 16.5. The summed E-state index contributed by atoms with van der Waals surface area (Å²) < 4.78 is 0. The second-order valence-electron chi connectivity index (χ2n) is 2.24. The Balaban J connectivity index is 2.28. The molecule has 0 saturated carbocycles. The zero-order chi connectivity index (χ0) is 8.81. The first-order chi connectivity index (χ1) is 5.83. The molecular weight excluding hydrogens is 158 g/mol. The van der Waals surface area contributed by atoms with Gasteiger partial charge in [-0.3, -0.25) is 15.3 Å². The van der Waals surface area contributed by atoms with Crippen LogP contribution < -0.4 is 11.2 Å². The minimum absolute atomic E-state index is 0.0264. The Morgan fingerprint density at radius 3 is 3.25 bits per heavy atom. The van der Waals surface area contributed by atoms with Gasteiger partial charge in [0.05, 0.1) is 6.20 Å². The summed E-state index contributed by atoms with van der Waals surface area (Å²) >= 11 is 0. The fraction of sp³-hybridized carbons (Fsp3) is 0.333. The number of hydrogen-bond donors (Lipinski definition) is 4. The van der Waals surface area contributed by atoms with Gasteiger partial charge in [-0.05, 0) is 12.0 Å². The van der Waals surface area contributed by atoms with Crippen LogP contribution in [-0.2, 0) is 6.42 Å². The Hall–Kier alpha value is -1.56. The third-order valence-corrected chi connectivity index (χ3v) is 1.35. The molecule has 5 N–H and O–H groups in total. The van der Waals surface area contributed by atoms with Gasteiger partial charge in [0.1, 0.15) is 0 Å². The molecule has 0 aliphatic heterocycles. The molecule has 66 valence electrons. The monoisotopic (exact) mass is 169 g/mol. The van der Waals surface area contributed by atoms with Crippen LogP contribution in [0.2, 0.25) is 0 Å². The molecule has 6 nitrogen and oxygen atoms in total. The number of nitrogens with zero attached hydrogens (tertiary/aromatic N) is 2. The van der Waals surface area contributed by atoms with Gasteiger partial charge in [-0.15, -0.1) is 0 Å².